The Morgan fingerprint density at radius 3 is 2.14 bits per heavy atom. The summed E-state index contributed by atoms with van der Waals surface area (Å²) >= 11 is 0. The maximum absolute atomic E-state index is 12.7. The lowest BCUT2D eigenvalue weighted by Gasteiger charge is -2.38. The number of rotatable bonds is 4. The van der Waals surface area contributed by atoms with Gasteiger partial charge in [-0.25, -0.2) is 0 Å². The minimum absolute atomic E-state index is 0.0516. The SMILES string of the molecule is CC1(CNC(=O)C2(C(N)=NO)CCCCC2)CCCCC1. The molecule has 120 valence electrons. The molecule has 0 aromatic rings. The van der Waals surface area contributed by atoms with E-state index in [0.717, 1.165) is 19.3 Å². The van der Waals surface area contributed by atoms with Crippen LogP contribution in [0.15, 0.2) is 5.16 Å². The van der Waals surface area contributed by atoms with Crippen molar-refractivity contribution in [2.75, 3.05) is 6.54 Å². The molecule has 0 heterocycles. The van der Waals surface area contributed by atoms with E-state index in [9.17, 15) is 4.79 Å². The van der Waals surface area contributed by atoms with Gasteiger partial charge in [0.25, 0.3) is 0 Å². The maximum atomic E-state index is 12.7. The molecule has 2 aliphatic carbocycles. The summed E-state index contributed by atoms with van der Waals surface area (Å²) in [7, 11) is 0. The van der Waals surface area contributed by atoms with Crippen LogP contribution in [0.25, 0.3) is 0 Å². The van der Waals surface area contributed by atoms with Gasteiger partial charge in [-0.1, -0.05) is 50.6 Å². The van der Waals surface area contributed by atoms with Crippen molar-refractivity contribution in [3.8, 4) is 0 Å². The number of amidine groups is 1. The summed E-state index contributed by atoms with van der Waals surface area (Å²) < 4.78 is 0. The maximum Gasteiger partial charge on any atom is 0.233 e. The van der Waals surface area contributed by atoms with E-state index in [0.29, 0.717) is 19.4 Å². The molecule has 5 heteroatoms. The molecule has 0 bridgehead atoms. The Balaban J connectivity index is 2.02. The first-order valence-corrected chi connectivity index (χ1v) is 8.29. The summed E-state index contributed by atoms with van der Waals surface area (Å²) in [6.07, 6.45) is 10.5. The largest absolute Gasteiger partial charge is 0.409 e. The van der Waals surface area contributed by atoms with Gasteiger partial charge in [0, 0.05) is 6.54 Å². The second-order valence-corrected chi connectivity index (χ2v) is 7.18. The van der Waals surface area contributed by atoms with Crippen molar-refractivity contribution in [2.45, 2.75) is 71.1 Å². The fourth-order valence-electron chi connectivity index (χ4n) is 3.90. The fraction of sp³-hybridized carbons (Fsp3) is 0.875. The Morgan fingerprint density at radius 1 is 1.10 bits per heavy atom. The average Bonchev–Trinajstić information content (AvgIpc) is 2.53. The Hall–Kier alpha value is -1.26. The summed E-state index contributed by atoms with van der Waals surface area (Å²) in [6.45, 7) is 2.95. The van der Waals surface area contributed by atoms with Crippen LogP contribution >= 0.6 is 0 Å². The number of amides is 1. The quantitative estimate of drug-likeness (QED) is 0.322. The molecule has 2 saturated carbocycles. The highest BCUT2D eigenvalue weighted by Crippen LogP contribution is 2.38. The highest BCUT2D eigenvalue weighted by atomic mass is 16.4. The van der Waals surface area contributed by atoms with Crippen molar-refractivity contribution in [1.29, 1.82) is 0 Å². The first-order valence-electron chi connectivity index (χ1n) is 8.29. The molecule has 0 unspecified atom stereocenters. The summed E-state index contributed by atoms with van der Waals surface area (Å²) in [6, 6.07) is 0. The van der Waals surface area contributed by atoms with E-state index in [2.05, 4.69) is 17.4 Å². The van der Waals surface area contributed by atoms with Crippen molar-refractivity contribution in [1.82, 2.24) is 5.32 Å². The predicted octanol–water partition coefficient (Wildman–Crippen LogP) is 2.77. The molecule has 0 aromatic heterocycles. The van der Waals surface area contributed by atoms with Gasteiger partial charge in [-0.2, -0.15) is 0 Å². The van der Waals surface area contributed by atoms with Crippen LogP contribution in [0.2, 0.25) is 0 Å². The van der Waals surface area contributed by atoms with E-state index in [4.69, 9.17) is 10.9 Å². The second kappa shape index (κ2) is 6.67. The van der Waals surface area contributed by atoms with Crippen LogP contribution < -0.4 is 11.1 Å². The number of nitrogens with one attached hydrogen (secondary N) is 1. The van der Waals surface area contributed by atoms with Gasteiger partial charge in [-0.05, 0) is 31.1 Å². The number of oxime groups is 1. The lowest BCUT2D eigenvalue weighted by molar-refractivity contribution is -0.129. The normalized spacial score (nSPS) is 25.3. The smallest absolute Gasteiger partial charge is 0.233 e. The Bertz CT molecular complexity index is 394. The van der Waals surface area contributed by atoms with Crippen molar-refractivity contribution >= 4 is 11.7 Å². The van der Waals surface area contributed by atoms with Crippen LogP contribution in [0.1, 0.15) is 71.1 Å². The van der Waals surface area contributed by atoms with Gasteiger partial charge in [0.15, 0.2) is 5.84 Å². The Labute approximate surface area is 127 Å². The lowest BCUT2D eigenvalue weighted by atomic mass is 9.71. The van der Waals surface area contributed by atoms with Gasteiger partial charge in [-0.15, -0.1) is 0 Å². The first kappa shape index (κ1) is 16.1. The molecule has 2 fully saturated rings. The zero-order valence-electron chi connectivity index (χ0n) is 13.2. The summed E-state index contributed by atoms with van der Waals surface area (Å²) in [5.41, 5.74) is 5.27. The van der Waals surface area contributed by atoms with E-state index in [-0.39, 0.29) is 17.2 Å². The Kier molecular flexibility index (Phi) is 5.12. The van der Waals surface area contributed by atoms with Crippen LogP contribution in [-0.2, 0) is 4.79 Å². The standard InChI is InChI=1S/C16H29N3O2/c1-15(8-4-2-5-9-15)12-18-14(20)16(13(17)19-21)10-6-3-7-11-16/h21H,2-12H2,1H3,(H2,17,19)(H,18,20). The molecule has 21 heavy (non-hydrogen) atoms. The van der Waals surface area contributed by atoms with Gasteiger partial charge in [0.05, 0.1) is 0 Å². The number of nitrogens with two attached hydrogens (primary N) is 1. The highest BCUT2D eigenvalue weighted by molar-refractivity contribution is 6.06. The minimum Gasteiger partial charge on any atom is -0.409 e. The van der Waals surface area contributed by atoms with E-state index in [1.54, 1.807) is 0 Å². The Morgan fingerprint density at radius 2 is 1.62 bits per heavy atom. The van der Waals surface area contributed by atoms with Crippen LogP contribution in [0.5, 0.6) is 0 Å². The number of hydrogen-bond acceptors (Lipinski definition) is 3. The van der Waals surface area contributed by atoms with Crippen molar-refractivity contribution < 1.29 is 10.0 Å². The molecule has 0 aromatic carbocycles. The van der Waals surface area contributed by atoms with E-state index in [1.807, 2.05) is 0 Å². The third-order valence-electron chi connectivity index (χ3n) is 5.48. The third-order valence-corrected chi connectivity index (χ3v) is 5.48. The van der Waals surface area contributed by atoms with Crippen LogP contribution in [0.4, 0.5) is 0 Å². The van der Waals surface area contributed by atoms with Gasteiger partial charge < -0.3 is 16.3 Å². The van der Waals surface area contributed by atoms with Crippen molar-refractivity contribution in [2.24, 2.45) is 21.7 Å². The number of hydrogen-bond donors (Lipinski definition) is 3. The van der Waals surface area contributed by atoms with Gasteiger partial charge in [-0.3, -0.25) is 4.79 Å². The zero-order chi connectivity index (χ0) is 15.3. The molecule has 0 spiro atoms. The predicted molar refractivity (Wildman–Crippen MR) is 83.1 cm³/mol. The van der Waals surface area contributed by atoms with E-state index >= 15 is 0 Å². The number of carbonyl (C=O) groups is 1. The fourth-order valence-corrected chi connectivity index (χ4v) is 3.90. The summed E-state index contributed by atoms with van der Waals surface area (Å²) in [4.78, 5) is 12.7. The molecule has 1 amide bonds. The van der Waals surface area contributed by atoms with E-state index in [1.165, 1.54) is 32.1 Å². The van der Waals surface area contributed by atoms with Crippen LogP contribution in [0, 0.1) is 10.8 Å². The average molecular weight is 295 g/mol. The molecular weight excluding hydrogens is 266 g/mol. The van der Waals surface area contributed by atoms with Crippen LogP contribution in [-0.4, -0.2) is 23.5 Å². The van der Waals surface area contributed by atoms with Crippen LogP contribution in [0.3, 0.4) is 0 Å². The molecular formula is C16H29N3O2. The minimum atomic E-state index is -0.794. The van der Waals surface area contributed by atoms with Gasteiger partial charge in [0.2, 0.25) is 5.91 Å². The summed E-state index contributed by atoms with van der Waals surface area (Å²) in [5, 5.41) is 15.3. The molecule has 0 radical (unpaired) electrons. The summed E-state index contributed by atoms with van der Waals surface area (Å²) in [5.74, 6) is 0.0257. The third kappa shape index (κ3) is 3.50. The van der Waals surface area contributed by atoms with Crippen molar-refractivity contribution in [3.63, 3.8) is 0 Å². The number of nitrogens with zero attached hydrogens (tertiary/aromatic N) is 1. The lowest BCUT2D eigenvalue weighted by Crippen LogP contribution is -2.52. The zero-order valence-corrected chi connectivity index (χ0v) is 13.2. The molecule has 0 saturated heterocycles. The molecule has 0 aliphatic heterocycles. The first-order chi connectivity index (χ1) is 10.0. The second-order valence-electron chi connectivity index (χ2n) is 7.18. The molecule has 2 aliphatic rings. The molecule has 4 N–H and O–H groups in total. The highest BCUT2D eigenvalue weighted by Gasteiger charge is 2.44. The van der Waals surface area contributed by atoms with Crippen molar-refractivity contribution in [3.05, 3.63) is 0 Å². The van der Waals surface area contributed by atoms with E-state index < -0.39 is 5.41 Å². The topological polar surface area (TPSA) is 87.7 Å². The molecule has 5 nitrogen and oxygen atoms in total. The molecule has 2 rings (SSSR count). The van der Waals surface area contributed by atoms with Gasteiger partial charge >= 0.3 is 0 Å². The van der Waals surface area contributed by atoms with Gasteiger partial charge in [0.1, 0.15) is 5.41 Å². The number of carbonyl (C=O) groups excluding carboxylic acids is 1. The monoisotopic (exact) mass is 295 g/mol. The molecule has 0 atom stereocenters.